The minimum Gasteiger partial charge on any atom is -0.330 e. The monoisotopic (exact) mass is 279 g/mol. The normalized spacial score (nSPS) is 21.0. The predicted molar refractivity (Wildman–Crippen MR) is 82.2 cm³/mol. The molecule has 0 radical (unpaired) electrons. The molecular formula is C16H29N3O. The molecule has 4 nitrogen and oxygen atoms in total. The lowest BCUT2D eigenvalue weighted by Gasteiger charge is -2.33. The van der Waals surface area contributed by atoms with Crippen molar-refractivity contribution in [1.82, 2.24) is 9.80 Å². The molecule has 114 valence electrons. The number of piperidine rings is 1. The zero-order chi connectivity index (χ0) is 14.4. The highest BCUT2D eigenvalue weighted by molar-refractivity contribution is 5.80. The summed E-state index contributed by atoms with van der Waals surface area (Å²) >= 11 is 0. The van der Waals surface area contributed by atoms with Crippen LogP contribution in [0.3, 0.4) is 0 Å². The maximum atomic E-state index is 12.5. The van der Waals surface area contributed by atoms with Crippen LogP contribution in [0.1, 0.15) is 45.4 Å². The molecule has 1 saturated heterocycles. The number of hydrogen-bond acceptors (Lipinski definition) is 3. The van der Waals surface area contributed by atoms with E-state index in [2.05, 4.69) is 17.9 Å². The summed E-state index contributed by atoms with van der Waals surface area (Å²) in [5.74, 6) is 1.05. The maximum absolute atomic E-state index is 12.5. The number of likely N-dealkylation sites (N-methyl/N-ethyl adjacent to an activating group) is 1. The standard InChI is InChI=1S/C16H29N3O/c1-2-19(15-5-3-4-6-15)16(20)13-18-11-8-14(7-10-17)9-12-18/h5,14H,2-4,6-13,17H2,1H3. The number of rotatable bonds is 6. The first-order valence-electron chi connectivity index (χ1n) is 8.16. The first-order chi connectivity index (χ1) is 9.74. The Kier molecular flexibility index (Phi) is 6.05. The molecule has 0 bridgehead atoms. The van der Waals surface area contributed by atoms with Crippen molar-refractivity contribution < 1.29 is 4.79 Å². The first kappa shape index (κ1) is 15.5. The van der Waals surface area contributed by atoms with Crippen LogP contribution in [0, 0.1) is 5.92 Å². The van der Waals surface area contributed by atoms with E-state index >= 15 is 0 Å². The minimum absolute atomic E-state index is 0.276. The molecule has 1 aliphatic carbocycles. The molecule has 0 unspecified atom stereocenters. The van der Waals surface area contributed by atoms with Crippen LogP contribution >= 0.6 is 0 Å². The van der Waals surface area contributed by atoms with Crippen molar-refractivity contribution in [3.8, 4) is 0 Å². The van der Waals surface area contributed by atoms with Gasteiger partial charge in [0, 0.05) is 12.2 Å². The van der Waals surface area contributed by atoms with Crippen LogP contribution in [0.5, 0.6) is 0 Å². The second-order valence-corrected chi connectivity index (χ2v) is 6.02. The second kappa shape index (κ2) is 7.79. The van der Waals surface area contributed by atoms with E-state index in [9.17, 15) is 4.79 Å². The molecule has 4 heteroatoms. The van der Waals surface area contributed by atoms with Gasteiger partial charge in [0.25, 0.3) is 0 Å². The third-order valence-corrected chi connectivity index (χ3v) is 4.62. The molecule has 0 aromatic rings. The highest BCUT2D eigenvalue weighted by Crippen LogP contribution is 2.23. The fourth-order valence-electron chi connectivity index (χ4n) is 3.38. The number of nitrogens with two attached hydrogens (primary N) is 1. The van der Waals surface area contributed by atoms with E-state index < -0.39 is 0 Å². The largest absolute Gasteiger partial charge is 0.330 e. The summed E-state index contributed by atoms with van der Waals surface area (Å²) in [5.41, 5.74) is 6.87. The van der Waals surface area contributed by atoms with Crippen molar-refractivity contribution in [3.05, 3.63) is 11.8 Å². The number of carbonyl (C=O) groups is 1. The van der Waals surface area contributed by atoms with E-state index in [1.807, 2.05) is 4.90 Å². The van der Waals surface area contributed by atoms with Crippen molar-refractivity contribution in [2.24, 2.45) is 11.7 Å². The molecule has 1 aliphatic heterocycles. The smallest absolute Gasteiger partial charge is 0.240 e. The highest BCUT2D eigenvalue weighted by atomic mass is 16.2. The van der Waals surface area contributed by atoms with Crippen molar-refractivity contribution in [2.45, 2.75) is 45.4 Å². The lowest BCUT2D eigenvalue weighted by atomic mass is 9.94. The van der Waals surface area contributed by atoms with Crippen molar-refractivity contribution in [3.63, 3.8) is 0 Å². The van der Waals surface area contributed by atoms with Crippen LogP contribution in [0.25, 0.3) is 0 Å². The van der Waals surface area contributed by atoms with Gasteiger partial charge in [-0.3, -0.25) is 9.69 Å². The highest BCUT2D eigenvalue weighted by Gasteiger charge is 2.24. The average molecular weight is 279 g/mol. The average Bonchev–Trinajstić information content (AvgIpc) is 2.96. The number of hydrogen-bond donors (Lipinski definition) is 1. The third-order valence-electron chi connectivity index (χ3n) is 4.62. The Balaban J connectivity index is 1.79. The zero-order valence-electron chi connectivity index (χ0n) is 12.8. The van der Waals surface area contributed by atoms with Gasteiger partial charge in [-0.05, 0) is 71.0 Å². The Morgan fingerprint density at radius 1 is 1.45 bits per heavy atom. The fourth-order valence-corrected chi connectivity index (χ4v) is 3.38. The summed E-state index contributed by atoms with van der Waals surface area (Å²) in [6, 6.07) is 0. The predicted octanol–water partition coefficient (Wildman–Crippen LogP) is 1.96. The van der Waals surface area contributed by atoms with Crippen molar-refractivity contribution in [2.75, 3.05) is 32.7 Å². The molecule has 0 spiro atoms. The second-order valence-electron chi connectivity index (χ2n) is 6.02. The van der Waals surface area contributed by atoms with Crippen molar-refractivity contribution in [1.29, 1.82) is 0 Å². The van der Waals surface area contributed by atoms with Gasteiger partial charge < -0.3 is 10.6 Å². The van der Waals surface area contributed by atoms with Crippen LogP contribution in [-0.4, -0.2) is 48.4 Å². The summed E-state index contributed by atoms with van der Waals surface area (Å²) in [6.45, 7) is 6.35. The molecule has 0 aromatic carbocycles. The van der Waals surface area contributed by atoms with Crippen LogP contribution in [0.4, 0.5) is 0 Å². The molecule has 2 rings (SSSR count). The van der Waals surface area contributed by atoms with Gasteiger partial charge in [-0.15, -0.1) is 0 Å². The number of carbonyl (C=O) groups excluding carboxylic acids is 1. The molecule has 1 amide bonds. The first-order valence-corrected chi connectivity index (χ1v) is 8.16. The summed E-state index contributed by atoms with van der Waals surface area (Å²) in [6.07, 6.45) is 9.15. The lowest BCUT2D eigenvalue weighted by Crippen LogP contribution is -2.43. The number of allylic oxidation sites excluding steroid dienone is 2. The number of nitrogens with zero attached hydrogens (tertiary/aromatic N) is 2. The van der Waals surface area contributed by atoms with Gasteiger partial charge in [0.05, 0.1) is 6.54 Å². The van der Waals surface area contributed by atoms with Gasteiger partial charge in [0.2, 0.25) is 5.91 Å². The van der Waals surface area contributed by atoms with Crippen LogP contribution < -0.4 is 5.73 Å². The van der Waals surface area contributed by atoms with Crippen LogP contribution in [0.2, 0.25) is 0 Å². The molecule has 2 aliphatic rings. The van der Waals surface area contributed by atoms with Gasteiger partial charge in [-0.25, -0.2) is 0 Å². The number of amides is 1. The van der Waals surface area contributed by atoms with E-state index in [4.69, 9.17) is 5.73 Å². The molecule has 1 fully saturated rings. The van der Waals surface area contributed by atoms with Gasteiger partial charge in [-0.1, -0.05) is 6.08 Å². The zero-order valence-corrected chi connectivity index (χ0v) is 12.8. The van der Waals surface area contributed by atoms with E-state index in [1.165, 1.54) is 25.0 Å². The van der Waals surface area contributed by atoms with E-state index in [-0.39, 0.29) is 5.91 Å². The maximum Gasteiger partial charge on any atom is 0.240 e. The molecule has 1 heterocycles. The number of likely N-dealkylation sites (tertiary alicyclic amines) is 1. The summed E-state index contributed by atoms with van der Waals surface area (Å²) in [7, 11) is 0. The van der Waals surface area contributed by atoms with Gasteiger partial charge in [0.1, 0.15) is 0 Å². The minimum atomic E-state index is 0.276. The third kappa shape index (κ3) is 4.06. The van der Waals surface area contributed by atoms with E-state index in [0.29, 0.717) is 6.54 Å². The molecule has 0 atom stereocenters. The Hall–Kier alpha value is -0.870. The molecule has 0 aromatic heterocycles. The SMILES string of the molecule is CCN(C(=O)CN1CCC(CCN)CC1)C1=CCCC1. The van der Waals surface area contributed by atoms with Crippen molar-refractivity contribution >= 4 is 5.91 Å². The lowest BCUT2D eigenvalue weighted by molar-refractivity contribution is -0.130. The molecule has 2 N–H and O–H groups in total. The van der Waals surface area contributed by atoms with Crippen LogP contribution in [0.15, 0.2) is 11.8 Å². The summed E-state index contributed by atoms with van der Waals surface area (Å²) in [5, 5.41) is 0. The summed E-state index contributed by atoms with van der Waals surface area (Å²) in [4.78, 5) is 16.8. The molecule has 20 heavy (non-hydrogen) atoms. The Morgan fingerprint density at radius 3 is 2.75 bits per heavy atom. The Morgan fingerprint density at radius 2 is 2.20 bits per heavy atom. The van der Waals surface area contributed by atoms with Gasteiger partial charge in [0.15, 0.2) is 0 Å². The van der Waals surface area contributed by atoms with E-state index in [0.717, 1.165) is 51.4 Å². The fraction of sp³-hybridized carbons (Fsp3) is 0.812. The molecule has 0 saturated carbocycles. The summed E-state index contributed by atoms with van der Waals surface area (Å²) < 4.78 is 0. The van der Waals surface area contributed by atoms with Crippen LogP contribution in [-0.2, 0) is 4.79 Å². The molecular weight excluding hydrogens is 250 g/mol. The van der Waals surface area contributed by atoms with E-state index in [1.54, 1.807) is 0 Å². The Bertz CT molecular complexity index is 346. The van der Waals surface area contributed by atoms with Gasteiger partial charge >= 0.3 is 0 Å². The van der Waals surface area contributed by atoms with Gasteiger partial charge in [-0.2, -0.15) is 0 Å². The topological polar surface area (TPSA) is 49.6 Å². The quantitative estimate of drug-likeness (QED) is 0.808. The Labute approximate surface area is 123 Å².